The van der Waals surface area contributed by atoms with Crippen LogP contribution in [0.25, 0.3) is 0 Å². The Morgan fingerprint density at radius 1 is 1.19 bits per heavy atom. The molecule has 0 spiro atoms. The average molecular weight is 425 g/mol. The van der Waals surface area contributed by atoms with E-state index >= 15 is 0 Å². The molecule has 8 nitrogen and oxygen atoms in total. The number of nitrogens with zero attached hydrogens (tertiary/aromatic N) is 1. The Hall–Kier alpha value is -3.39. The van der Waals surface area contributed by atoms with Crippen LogP contribution in [0.5, 0.6) is 0 Å². The maximum Gasteiger partial charge on any atom is 0.337 e. The molecule has 1 fully saturated rings. The molecule has 1 aromatic carbocycles. The molecular formula is C23H23NO7. The van der Waals surface area contributed by atoms with E-state index in [2.05, 4.69) is 0 Å². The lowest BCUT2D eigenvalue weighted by atomic mass is 9.94. The van der Waals surface area contributed by atoms with Gasteiger partial charge >= 0.3 is 5.97 Å². The number of benzene rings is 1. The standard InChI is InChI=1S/C23H23NO7/c1-13-5-10-17(31-13)20(25)18-19(14-6-8-15(9-7-14)23(28)29-2)24(22(27)21(18)26)12-16-4-3-11-30-16/h5-10,16,19,26H,3-4,11-12H2,1-2H3. The van der Waals surface area contributed by atoms with Crippen molar-refractivity contribution in [3.63, 3.8) is 0 Å². The van der Waals surface area contributed by atoms with Crippen LogP contribution in [0.1, 0.15) is 51.1 Å². The summed E-state index contributed by atoms with van der Waals surface area (Å²) in [4.78, 5) is 39.4. The van der Waals surface area contributed by atoms with E-state index in [1.165, 1.54) is 18.1 Å². The lowest BCUT2D eigenvalue weighted by Crippen LogP contribution is -2.37. The third-order valence-electron chi connectivity index (χ3n) is 5.58. The lowest BCUT2D eigenvalue weighted by Gasteiger charge is -2.28. The number of Topliss-reactive ketones (excluding diaryl/α,β-unsaturated/α-hetero) is 1. The van der Waals surface area contributed by atoms with E-state index in [9.17, 15) is 19.5 Å². The molecule has 3 heterocycles. The topological polar surface area (TPSA) is 106 Å². The quantitative estimate of drug-likeness (QED) is 0.560. The summed E-state index contributed by atoms with van der Waals surface area (Å²) < 4.78 is 15.9. The molecule has 1 amide bonds. The molecule has 2 atom stereocenters. The Labute approximate surface area is 179 Å². The van der Waals surface area contributed by atoms with Crippen LogP contribution in [-0.4, -0.2) is 54.0 Å². The summed E-state index contributed by atoms with van der Waals surface area (Å²) in [6.07, 6.45) is 1.51. The van der Waals surface area contributed by atoms with Gasteiger partial charge in [-0.1, -0.05) is 12.1 Å². The van der Waals surface area contributed by atoms with Crippen LogP contribution in [0.15, 0.2) is 52.1 Å². The molecule has 162 valence electrons. The van der Waals surface area contributed by atoms with E-state index in [1.54, 1.807) is 37.3 Å². The fourth-order valence-electron chi connectivity index (χ4n) is 4.04. The van der Waals surface area contributed by atoms with Crippen molar-refractivity contribution in [2.45, 2.75) is 31.9 Å². The molecule has 2 aliphatic heterocycles. The van der Waals surface area contributed by atoms with Crippen molar-refractivity contribution in [3.05, 3.63) is 70.4 Å². The van der Waals surface area contributed by atoms with Gasteiger partial charge in [0.15, 0.2) is 11.5 Å². The number of carbonyl (C=O) groups excluding carboxylic acids is 3. The molecule has 31 heavy (non-hydrogen) atoms. The van der Waals surface area contributed by atoms with E-state index in [0.29, 0.717) is 23.5 Å². The third-order valence-corrected chi connectivity index (χ3v) is 5.58. The summed E-state index contributed by atoms with van der Waals surface area (Å²) in [6, 6.07) is 8.74. The highest BCUT2D eigenvalue weighted by molar-refractivity contribution is 6.15. The van der Waals surface area contributed by atoms with Gasteiger partial charge in [-0.05, 0) is 49.6 Å². The van der Waals surface area contributed by atoms with Gasteiger partial charge < -0.3 is 23.9 Å². The molecule has 0 saturated carbocycles. The van der Waals surface area contributed by atoms with Gasteiger partial charge in [0.05, 0.1) is 30.4 Å². The highest BCUT2D eigenvalue weighted by Crippen LogP contribution is 2.40. The Morgan fingerprint density at radius 2 is 1.94 bits per heavy atom. The third kappa shape index (κ3) is 3.86. The van der Waals surface area contributed by atoms with E-state index < -0.39 is 29.5 Å². The number of ether oxygens (including phenoxy) is 2. The second-order valence-corrected chi connectivity index (χ2v) is 7.61. The van der Waals surface area contributed by atoms with Gasteiger partial charge in [-0.25, -0.2) is 4.79 Å². The number of aryl methyl sites for hydroxylation is 1. The van der Waals surface area contributed by atoms with Crippen LogP contribution in [0.2, 0.25) is 0 Å². The van der Waals surface area contributed by atoms with Crippen molar-refractivity contribution in [3.8, 4) is 0 Å². The first-order chi connectivity index (χ1) is 14.9. The van der Waals surface area contributed by atoms with Crippen LogP contribution in [0.3, 0.4) is 0 Å². The number of carbonyl (C=O) groups is 3. The first-order valence-corrected chi connectivity index (χ1v) is 10.1. The average Bonchev–Trinajstić information content (AvgIpc) is 3.50. The predicted molar refractivity (Wildman–Crippen MR) is 109 cm³/mol. The number of hydrogen-bond acceptors (Lipinski definition) is 7. The molecule has 1 saturated heterocycles. The number of aliphatic hydroxyl groups is 1. The summed E-state index contributed by atoms with van der Waals surface area (Å²) in [5.41, 5.74) is 0.863. The van der Waals surface area contributed by atoms with Gasteiger partial charge in [0.25, 0.3) is 5.91 Å². The highest BCUT2D eigenvalue weighted by atomic mass is 16.5. The fourth-order valence-corrected chi connectivity index (χ4v) is 4.04. The summed E-state index contributed by atoms with van der Waals surface area (Å²) in [5, 5.41) is 10.7. The Balaban J connectivity index is 1.74. The minimum atomic E-state index is -0.832. The fraction of sp³-hybridized carbons (Fsp3) is 0.348. The summed E-state index contributed by atoms with van der Waals surface area (Å²) in [5.74, 6) is -1.70. The minimum Gasteiger partial charge on any atom is -0.503 e. The second-order valence-electron chi connectivity index (χ2n) is 7.61. The summed E-state index contributed by atoms with van der Waals surface area (Å²) >= 11 is 0. The minimum absolute atomic E-state index is 0.0435. The zero-order valence-corrected chi connectivity index (χ0v) is 17.3. The van der Waals surface area contributed by atoms with Crippen molar-refractivity contribution < 1.29 is 33.4 Å². The smallest absolute Gasteiger partial charge is 0.337 e. The lowest BCUT2D eigenvalue weighted by molar-refractivity contribution is -0.131. The van der Waals surface area contributed by atoms with Gasteiger partial charge in [0, 0.05) is 13.2 Å². The number of aliphatic hydroxyl groups excluding tert-OH is 1. The van der Waals surface area contributed by atoms with Gasteiger partial charge in [-0.3, -0.25) is 9.59 Å². The molecule has 2 aliphatic rings. The molecule has 0 bridgehead atoms. The van der Waals surface area contributed by atoms with Crippen LogP contribution in [0.4, 0.5) is 0 Å². The van der Waals surface area contributed by atoms with Crippen molar-refractivity contribution in [1.29, 1.82) is 0 Å². The number of esters is 1. The number of amides is 1. The molecule has 4 rings (SSSR count). The normalized spacial score (nSPS) is 21.1. The van der Waals surface area contributed by atoms with E-state index in [-0.39, 0.29) is 24.0 Å². The van der Waals surface area contributed by atoms with Gasteiger partial charge in [0.2, 0.25) is 5.78 Å². The second kappa shape index (κ2) is 8.39. The van der Waals surface area contributed by atoms with Crippen LogP contribution >= 0.6 is 0 Å². The SMILES string of the molecule is COC(=O)c1ccc(C2C(C(=O)c3ccc(C)o3)=C(O)C(=O)N2CC2CCCO2)cc1. The Morgan fingerprint density at radius 3 is 2.52 bits per heavy atom. The molecular weight excluding hydrogens is 402 g/mol. The number of furan rings is 1. The van der Waals surface area contributed by atoms with Crippen LogP contribution in [0, 0.1) is 6.92 Å². The zero-order valence-electron chi connectivity index (χ0n) is 17.3. The molecule has 2 aromatic rings. The predicted octanol–water partition coefficient (Wildman–Crippen LogP) is 3.13. The zero-order chi connectivity index (χ0) is 22.1. The first-order valence-electron chi connectivity index (χ1n) is 10.1. The number of ketones is 1. The molecule has 1 N–H and O–H groups in total. The highest BCUT2D eigenvalue weighted by Gasteiger charge is 2.45. The first kappa shape index (κ1) is 20.9. The monoisotopic (exact) mass is 425 g/mol. The largest absolute Gasteiger partial charge is 0.503 e. The molecule has 8 heteroatoms. The van der Waals surface area contributed by atoms with Gasteiger partial charge in [0.1, 0.15) is 5.76 Å². The van der Waals surface area contributed by atoms with E-state index in [0.717, 1.165) is 12.8 Å². The molecule has 2 unspecified atom stereocenters. The van der Waals surface area contributed by atoms with Gasteiger partial charge in [-0.2, -0.15) is 0 Å². The van der Waals surface area contributed by atoms with E-state index in [4.69, 9.17) is 13.9 Å². The maximum absolute atomic E-state index is 13.2. The summed E-state index contributed by atoms with van der Waals surface area (Å²) in [7, 11) is 1.29. The van der Waals surface area contributed by atoms with Gasteiger partial charge in [-0.15, -0.1) is 0 Å². The van der Waals surface area contributed by atoms with Crippen LogP contribution in [-0.2, 0) is 14.3 Å². The Kier molecular flexibility index (Phi) is 5.65. The van der Waals surface area contributed by atoms with Crippen LogP contribution < -0.4 is 0 Å². The number of hydrogen-bond donors (Lipinski definition) is 1. The van der Waals surface area contributed by atoms with Crippen molar-refractivity contribution in [2.75, 3.05) is 20.3 Å². The Bertz CT molecular complexity index is 1040. The van der Waals surface area contributed by atoms with Crippen molar-refractivity contribution in [2.24, 2.45) is 0 Å². The maximum atomic E-state index is 13.2. The number of methoxy groups -OCH3 is 1. The molecule has 0 radical (unpaired) electrons. The number of rotatable bonds is 6. The van der Waals surface area contributed by atoms with Crippen molar-refractivity contribution >= 4 is 17.7 Å². The molecule has 1 aromatic heterocycles. The molecule has 0 aliphatic carbocycles. The van der Waals surface area contributed by atoms with Crippen molar-refractivity contribution in [1.82, 2.24) is 4.90 Å². The summed E-state index contributed by atoms with van der Waals surface area (Å²) in [6.45, 7) is 2.56. The van der Waals surface area contributed by atoms with E-state index in [1.807, 2.05) is 0 Å².